The largest absolute Gasteiger partial charge is 0.458 e. The van der Waals surface area contributed by atoms with Crippen LogP contribution in [0.5, 0.6) is 0 Å². The summed E-state index contributed by atoms with van der Waals surface area (Å²) in [4.78, 5) is 44.8. The van der Waals surface area contributed by atoms with Crippen LogP contribution < -0.4 is 0 Å². The van der Waals surface area contributed by atoms with Gasteiger partial charge in [0.1, 0.15) is 22.8 Å². The van der Waals surface area contributed by atoms with Gasteiger partial charge in [-0.3, -0.25) is 9.59 Å². The Morgan fingerprint density at radius 2 is 0.930 bits per heavy atom. The quantitative estimate of drug-likeness (QED) is 0.0894. The maximum absolute atomic E-state index is 13.9. The third-order valence-electron chi connectivity index (χ3n) is 7.05. The molecule has 0 saturated heterocycles. The van der Waals surface area contributed by atoms with Gasteiger partial charge in [-0.2, -0.15) is 4.39 Å². The maximum atomic E-state index is 13.9. The first kappa shape index (κ1) is 45.0. The summed E-state index contributed by atoms with van der Waals surface area (Å²) in [6, 6.07) is 19.1. The summed E-state index contributed by atoms with van der Waals surface area (Å²) in [5.74, 6) is -5.68. The average molecular weight is 904 g/mol. The Morgan fingerprint density at radius 3 is 1.32 bits per heavy atom. The molecule has 294 valence electrons. The van der Waals surface area contributed by atoms with Gasteiger partial charge in [-0.05, 0) is 67.9 Å². The maximum Gasteiger partial charge on any atom is 0.357 e. The minimum absolute atomic E-state index is 0.0519. The van der Waals surface area contributed by atoms with Crippen molar-refractivity contribution in [1.82, 2.24) is 15.0 Å². The molecule has 0 bridgehead atoms. The molecule has 57 heavy (non-hydrogen) atoms. The molecule has 0 aliphatic rings. The number of pyridine rings is 3. The third kappa shape index (κ3) is 12.2. The van der Waals surface area contributed by atoms with Gasteiger partial charge in [0, 0.05) is 43.9 Å². The fourth-order valence-corrected chi connectivity index (χ4v) is 5.35. The second-order valence-corrected chi connectivity index (χ2v) is 13.9. The van der Waals surface area contributed by atoms with Gasteiger partial charge >= 0.3 is 12.0 Å². The Kier molecular flexibility index (Phi) is 15.9. The molecule has 3 heterocycles. The minimum Gasteiger partial charge on any atom is -0.458 e. The summed E-state index contributed by atoms with van der Waals surface area (Å²) in [6.45, 7) is 3.30. The summed E-state index contributed by atoms with van der Waals surface area (Å²) in [7, 11) is 0. The molecule has 0 aliphatic heterocycles. The second-order valence-electron chi connectivity index (χ2n) is 11.5. The molecule has 0 aliphatic carbocycles. The van der Waals surface area contributed by atoms with Crippen molar-refractivity contribution in [3.05, 3.63) is 156 Å². The number of carbonyl (C=O) groups excluding carboxylic acids is 3. The Bertz CT molecular complexity index is 2330. The lowest BCUT2D eigenvalue weighted by molar-refractivity contribution is 0.0370. The monoisotopic (exact) mass is 901 g/mol. The van der Waals surface area contributed by atoms with Crippen molar-refractivity contribution in [1.29, 1.82) is 0 Å². The molecule has 7 nitrogen and oxygen atoms in total. The molecule has 3 aromatic carbocycles. The molecule has 0 unspecified atom stereocenters. The Labute approximate surface area is 351 Å². The molecule has 18 heteroatoms. The van der Waals surface area contributed by atoms with Gasteiger partial charge in [-0.1, -0.05) is 94.4 Å². The van der Waals surface area contributed by atoms with Crippen LogP contribution in [0.1, 0.15) is 45.3 Å². The predicted octanol–water partition coefficient (Wildman–Crippen LogP) is 13.1. The fourth-order valence-electron chi connectivity index (χ4n) is 4.47. The van der Waals surface area contributed by atoms with Crippen molar-refractivity contribution in [2.45, 2.75) is 20.0 Å². The first-order valence-electron chi connectivity index (χ1n) is 15.8. The molecular weight excluding hydrogens is 882 g/mol. The highest BCUT2D eigenvalue weighted by atomic mass is 35.5. The highest BCUT2D eigenvalue weighted by Crippen LogP contribution is 2.34. The van der Waals surface area contributed by atoms with Crippen LogP contribution in [0.2, 0.25) is 25.1 Å². The van der Waals surface area contributed by atoms with Gasteiger partial charge in [-0.15, -0.1) is 0 Å². The molecule has 0 atom stereocenters. The zero-order chi connectivity index (χ0) is 42.1. The van der Waals surface area contributed by atoms with Crippen LogP contribution in [-0.2, 0) is 4.74 Å². The van der Waals surface area contributed by atoms with Crippen molar-refractivity contribution in [3.8, 4) is 33.8 Å². The molecule has 0 radical (unpaired) electrons. The van der Waals surface area contributed by atoms with Crippen molar-refractivity contribution in [2.75, 3.05) is 0 Å². The lowest BCUT2D eigenvalue weighted by Crippen LogP contribution is -2.14. The zero-order valence-electron chi connectivity index (χ0n) is 28.9. The van der Waals surface area contributed by atoms with E-state index in [1.54, 1.807) is 38.1 Å². The number of hydrogen-bond donors (Lipinski definition) is 0. The number of hydrogen-bond acceptors (Lipinski definition) is 7. The van der Waals surface area contributed by atoms with Crippen LogP contribution in [0.4, 0.5) is 22.0 Å². The predicted molar refractivity (Wildman–Crippen MR) is 210 cm³/mol. The highest BCUT2D eigenvalue weighted by Gasteiger charge is 2.21. The number of esters is 1. The molecular formula is C39H22Cl6F5N3O4. The third-order valence-corrected chi connectivity index (χ3v) is 8.77. The first-order valence-corrected chi connectivity index (χ1v) is 18.1. The molecule has 0 amide bonds. The summed E-state index contributed by atoms with van der Waals surface area (Å²) in [6.07, 6.45) is -0.383. The van der Waals surface area contributed by atoms with E-state index >= 15 is 0 Å². The smallest absolute Gasteiger partial charge is 0.357 e. The average Bonchev–Trinajstić information content (AvgIpc) is 3.16. The van der Waals surface area contributed by atoms with E-state index in [0.29, 0.717) is 38.0 Å². The SMILES string of the molecule is CC(C)OC(=O)c1cc(F)c(F)c(-c2ccc(Cl)cc2)n1.O=C(Cl)c1cc(Cl)c(Cl)c(-c2ccc(Cl)cc2)n1.O=C(F)c1cc(F)c(F)c(-c2ccc(Cl)cc2)n1. The molecule has 6 aromatic rings. The van der Waals surface area contributed by atoms with Crippen molar-refractivity contribution in [3.63, 3.8) is 0 Å². The van der Waals surface area contributed by atoms with Crippen LogP contribution in [0.25, 0.3) is 33.8 Å². The van der Waals surface area contributed by atoms with Gasteiger partial charge in [0.05, 0.1) is 21.8 Å². The van der Waals surface area contributed by atoms with Crippen LogP contribution >= 0.6 is 69.6 Å². The lowest BCUT2D eigenvalue weighted by Gasteiger charge is -2.10. The van der Waals surface area contributed by atoms with Gasteiger partial charge in [0.25, 0.3) is 5.24 Å². The molecule has 3 aromatic heterocycles. The van der Waals surface area contributed by atoms with E-state index in [1.165, 1.54) is 54.6 Å². The van der Waals surface area contributed by atoms with Gasteiger partial charge in [-0.25, -0.2) is 37.3 Å². The van der Waals surface area contributed by atoms with E-state index in [-0.39, 0.29) is 38.8 Å². The number of ether oxygens (including phenoxy) is 1. The summed E-state index contributed by atoms with van der Waals surface area (Å²) < 4.78 is 71.7. The zero-order valence-corrected chi connectivity index (χ0v) is 33.4. The van der Waals surface area contributed by atoms with Crippen LogP contribution in [0, 0.1) is 23.3 Å². The van der Waals surface area contributed by atoms with Crippen LogP contribution in [-0.4, -0.2) is 38.3 Å². The van der Waals surface area contributed by atoms with E-state index in [1.807, 2.05) is 0 Å². The molecule has 6 rings (SSSR count). The number of carbonyl (C=O) groups is 3. The van der Waals surface area contributed by atoms with E-state index in [9.17, 15) is 36.3 Å². The molecule has 0 spiro atoms. The highest BCUT2D eigenvalue weighted by molar-refractivity contribution is 6.67. The number of aromatic nitrogens is 3. The van der Waals surface area contributed by atoms with Gasteiger partial charge < -0.3 is 4.74 Å². The van der Waals surface area contributed by atoms with Crippen LogP contribution in [0.3, 0.4) is 0 Å². The van der Waals surface area contributed by atoms with Crippen molar-refractivity contribution >= 4 is 86.9 Å². The number of halogens is 11. The Balaban J connectivity index is 0.000000190. The van der Waals surface area contributed by atoms with Crippen molar-refractivity contribution in [2.24, 2.45) is 0 Å². The minimum atomic E-state index is -1.93. The lowest BCUT2D eigenvalue weighted by atomic mass is 10.1. The number of rotatable bonds is 7. The summed E-state index contributed by atoms with van der Waals surface area (Å²) in [5.41, 5.74) is -0.109. The standard InChI is InChI=1S/C15H12ClF2NO2.C12H5Cl4NO.C12H5ClF3NO/c1-8(2)21-15(20)12-7-11(17)13(18)14(19-12)9-3-5-10(16)6-4-9;2*13-7-3-1-6(2-4-7)11-10(15)8(14)5-9(17-11)12(16)18/h3-8H,1-2H3;2*1-5H. The Morgan fingerprint density at radius 1 is 0.561 bits per heavy atom. The van der Waals surface area contributed by atoms with Gasteiger partial charge in [0.15, 0.2) is 29.0 Å². The van der Waals surface area contributed by atoms with E-state index in [4.69, 9.17) is 74.3 Å². The second kappa shape index (κ2) is 20.1. The Hall–Kier alpha value is -4.69. The first-order chi connectivity index (χ1) is 26.9. The van der Waals surface area contributed by atoms with Crippen molar-refractivity contribution < 1.29 is 41.1 Å². The normalized spacial score (nSPS) is 10.6. The van der Waals surface area contributed by atoms with Crippen LogP contribution in [0.15, 0.2) is 91.0 Å². The number of benzene rings is 3. The van der Waals surface area contributed by atoms with E-state index in [2.05, 4.69) is 15.0 Å². The molecule has 0 N–H and O–H groups in total. The van der Waals surface area contributed by atoms with E-state index in [0.717, 1.165) is 6.07 Å². The summed E-state index contributed by atoms with van der Waals surface area (Å²) >= 11 is 34.6. The van der Waals surface area contributed by atoms with E-state index < -0.39 is 51.9 Å². The fraction of sp³-hybridized carbons (Fsp3) is 0.0769. The molecule has 0 saturated carbocycles. The molecule has 0 fully saturated rings. The topological polar surface area (TPSA) is 99.1 Å². The summed E-state index contributed by atoms with van der Waals surface area (Å²) in [5, 5.41) is 1.24. The number of nitrogens with zero attached hydrogens (tertiary/aromatic N) is 3. The van der Waals surface area contributed by atoms with Gasteiger partial charge in [0.2, 0.25) is 0 Å².